The first-order valence-electron chi connectivity index (χ1n) is 9.27. The van der Waals surface area contributed by atoms with Gasteiger partial charge < -0.3 is 9.64 Å². The first-order valence-corrected chi connectivity index (χ1v) is 10.1. The molecule has 0 spiro atoms. The van der Waals surface area contributed by atoms with Gasteiger partial charge in [0.15, 0.2) is 0 Å². The predicted molar refractivity (Wildman–Crippen MR) is 101 cm³/mol. The minimum absolute atomic E-state index is 0.0990. The fourth-order valence-corrected chi connectivity index (χ4v) is 5.28. The number of hydrogen-bond acceptors (Lipinski definition) is 3. The SMILES string of the molecule is O=C(N1CCOC(Cc2ccccc2)C1)C1(c2cccs2)CCCC1. The van der Waals surface area contributed by atoms with Crippen molar-refractivity contribution in [2.75, 3.05) is 19.7 Å². The first-order chi connectivity index (χ1) is 12.3. The minimum Gasteiger partial charge on any atom is -0.374 e. The maximum atomic E-state index is 13.5. The van der Waals surface area contributed by atoms with Crippen molar-refractivity contribution in [1.29, 1.82) is 0 Å². The highest BCUT2D eigenvalue weighted by Crippen LogP contribution is 2.44. The number of benzene rings is 1. The Bertz CT molecular complexity index is 692. The Labute approximate surface area is 153 Å². The fourth-order valence-electron chi connectivity index (χ4n) is 4.30. The molecule has 2 aliphatic rings. The van der Waals surface area contributed by atoms with Crippen LogP contribution in [0.4, 0.5) is 0 Å². The highest BCUT2D eigenvalue weighted by Gasteiger charge is 2.46. The topological polar surface area (TPSA) is 29.5 Å². The zero-order valence-electron chi connectivity index (χ0n) is 14.5. The van der Waals surface area contributed by atoms with Gasteiger partial charge in [-0.25, -0.2) is 0 Å². The lowest BCUT2D eigenvalue weighted by atomic mass is 9.82. The summed E-state index contributed by atoms with van der Waals surface area (Å²) in [6.45, 7) is 2.07. The summed E-state index contributed by atoms with van der Waals surface area (Å²) >= 11 is 1.74. The summed E-state index contributed by atoms with van der Waals surface area (Å²) in [5.74, 6) is 0.328. The predicted octanol–water partition coefficient (Wildman–Crippen LogP) is 4.03. The van der Waals surface area contributed by atoms with Crippen molar-refractivity contribution in [3.05, 3.63) is 58.3 Å². The van der Waals surface area contributed by atoms with E-state index < -0.39 is 0 Å². The van der Waals surface area contributed by atoms with E-state index in [0.717, 1.165) is 38.6 Å². The first kappa shape index (κ1) is 16.8. The molecule has 4 heteroatoms. The van der Waals surface area contributed by atoms with Crippen LogP contribution in [0.15, 0.2) is 47.8 Å². The van der Waals surface area contributed by atoms with Crippen LogP contribution < -0.4 is 0 Å². The second-order valence-electron chi connectivity index (χ2n) is 7.20. The normalized spacial score (nSPS) is 22.9. The summed E-state index contributed by atoms with van der Waals surface area (Å²) in [6.07, 6.45) is 5.27. The molecule has 2 aromatic rings. The van der Waals surface area contributed by atoms with Crippen LogP contribution in [0.2, 0.25) is 0 Å². The number of carbonyl (C=O) groups is 1. The van der Waals surface area contributed by atoms with E-state index in [-0.39, 0.29) is 11.5 Å². The van der Waals surface area contributed by atoms with Gasteiger partial charge in [-0.3, -0.25) is 4.79 Å². The van der Waals surface area contributed by atoms with Gasteiger partial charge in [0.25, 0.3) is 0 Å². The molecule has 1 amide bonds. The summed E-state index contributed by atoms with van der Waals surface area (Å²) < 4.78 is 5.96. The Balaban J connectivity index is 1.49. The average molecular weight is 356 g/mol. The van der Waals surface area contributed by atoms with Crippen LogP contribution in [-0.4, -0.2) is 36.6 Å². The molecule has 2 fully saturated rings. The maximum absolute atomic E-state index is 13.5. The van der Waals surface area contributed by atoms with Crippen molar-refractivity contribution in [1.82, 2.24) is 4.90 Å². The zero-order chi connectivity index (χ0) is 17.1. The van der Waals surface area contributed by atoms with Crippen molar-refractivity contribution in [3.8, 4) is 0 Å². The average Bonchev–Trinajstić information content (AvgIpc) is 3.34. The number of nitrogens with zero attached hydrogens (tertiary/aromatic N) is 1. The molecule has 25 heavy (non-hydrogen) atoms. The summed E-state index contributed by atoms with van der Waals surface area (Å²) in [6, 6.07) is 14.6. The summed E-state index contributed by atoms with van der Waals surface area (Å²) in [5, 5.41) is 2.10. The molecule has 0 N–H and O–H groups in total. The standard InChI is InChI=1S/C21H25NO2S/c23-20(21(10-4-5-11-21)19-9-6-14-25-19)22-12-13-24-18(16-22)15-17-7-2-1-3-8-17/h1-3,6-9,14,18H,4-5,10-13,15-16H2. The van der Waals surface area contributed by atoms with E-state index in [1.54, 1.807) is 11.3 Å². The van der Waals surface area contributed by atoms with Crippen molar-refractivity contribution in [2.45, 2.75) is 43.6 Å². The molecule has 0 bridgehead atoms. The van der Waals surface area contributed by atoms with Crippen LogP contribution >= 0.6 is 11.3 Å². The van der Waals surface area contributed by atoms with E-state index in [9.17, 15) is 4.79 Å². The van der Waals surface area contributed by atoms with E-state index in [4.69, 9.17) is 4.74 Å². The molecule has 0 radical (unpaired) electrons. The van der Waals surface area contributed by atoms with Gasteiger partial charge in [0.2, 0.25) is 5.91 Å². The Morgan fingerprint density at radius 3 is 2.68 bits per heavy atom. The van der Waals surface area contributed by atoms with Gasteiger partial charge in [-0.2, -0.15) is 0 Å². The molecule has 1 aliphatic carbocycles. The van der Waals surface area contributed by atoms with Gasteiger partial charge in [-0.05, 0) is 29.9 Å². The number of rotatable bonds is 4. The third kappa shape index (κ3) is 3.38. The van der Waals surface area contributed by atoms with Crippen LogP contribution in [0.25, 0.3) is 0 Å². The minimum atomic E-state index is -0.275. The summed E-state index contributed by atoms with van der Waals surface area (Å²) in [5.41, 5.74) is 0.999. The van der Waals surface area contributed by atoms with Crippen molar-refractivity contribution in [3.63, 3.8) is 0 Å². The van der Waals surface area contributed by atoms with Crippen LogP contribution in [0.1, 0.15) is 36.1 Å². The highest BCUT2D eigenvalue weighted by atomic mass is 32.1. The molecule has 1 saturated carbocycles. The van der Waals surface area contributed by atoms with Crippen LogP contribution in [0.5, 0.6) is 0 Å². The number of amides is 1. The number of thiophene rings is 1. The van der Waals surface area contributed by atoms with Gasteiger partial charge in [0.1, 0.15) is 0 Å². The van der Waals surface area contributed by atoms with Crippen molar-refractivity contribution in [2.24, 2.45) is 0 Å². The molecule has 1 unspecified atom stereocenters. The van der Waals surface area contributed by atoms with E-state index in [0.29, 0.717) is 19.1 Å². The molecule has 1 aromatic heterocycles. The Morgan fingerprint density at radius 1 is 1.16 bits per heavy atom. The number of morpholine rings is 1. The lowest BCUT2D eigenvalue weighted by molar-refractivity contribution is -0.144. The second-order valence-corrected chi connectivity index (χ2v) is 8.15. The molecular formula is C21H25NO2S. The van der Waals surface area contributed by atoms with Crippen LogP contribution in [0.3, 0.4) is 0 Å². The van der Waals surface area contributed by atoms with Crippen LogP contribution in [-0.2, 0) is 21.4 Å². The third-order valence-corrected chi connectivity index (χ3v) is 6.67. The van der Waals surface area contributed by atoms with Gasteiger partial charge in [-0.1, -0.05) is 49.2 Å². The Hall–Kier alpha value is -1.65. The third-order valence-electron chi connectivity index (χ3n) is 5.59. The number of hydrogen-bond donors (Lipinski definition) is 0. The van der Waals surface area contributed by atoms with Gasteiger partial charge in [0.05, 0.1) is 18.1 Å². The van der Waals surface area contributed by atoms with Crippen LogP contribution in [0, 0.1) is 0 Å². The molecule has 2 heterocycles. The molecular weight excluding hydrogens is 330 g/mol. The van der Waals surface area contributed by atoms with Gasteiger partial charge in [-0.15, -0.1) is 11.3 Å². The molecule has 132 valence electrons. The summed E-state index contributed by atoms with van der Waals surface area (Å²) in [4.78, 5) is 16.8. The maximum Gasteiger partial charge on any atom is 0.234 e. The second kappa shape index (κ2) is 7.30. The molecule has 1 saturated heterocycles. The highest BCUT2D eigenvalue weighted by molar-refractivity contribution is 7.10. The molecule has 1 atom stereocenters. The molecule has 3 nitrogen and oxygen atoms in total. The smallest absolute Gasteiger partial charge is 0.234 e. The molecule has 1 aliphatic heterocycles. The quantitative estimate of drug-likeness (QED) is 0.829. The lowest BCUT2D eigenvalue weighted by Gasteiger charge is -2.39. The monoisotopic (exact) mass is 355 g/mol. The van der Waals surface area contributed by atoms with Crippen molar-refractivity contribution >= 4 is 17.2 Å². The van der Waals surface area contributed by atoms with E-state index in [1.165, 1.54) is 10.4 Å². The molecule has 4 rings (SSSR count). The lowest BCUT2D eigenvalue weighted by Crippen LogP contribution is -2.52. The fraction of sp³-hybridized carbons (Fsp3) is 0.476. The summed E-state index contributed by atoms with van der Waals surface area (Å²) in [7, 11) is 0. The molecule has 1 aromatic carbocycles. The van der Waals surface area contributed by atoms with Gasteiger partial charge in [0, 0.05) is 24.4 Å². The van der Waals surface area contributed by atoms with E-state index in [2.05, 4.69) is 46.7 Å². The Morgan fingerprint density at radius 2 is 1.96 bits per heavy atom. The number of carbonyl (C=O) groups excluding carboxylic acids is 1. The zero-order valence-corrected chi connectivity index (χ0v) is 15.3. The number of ether oxygens (including phenoxy) is 1. The largest absolute Gasteiger partial charge is 0.374 e. The van der Waals surface area contributed by atoms with E-state index in [1.807, 2.05) is 6.07 Å². The Kier molecular flexibility index (Phi) is 4.91. The van der Waals surface area contributed by atoms with Gasteiger partial charge >= 0.3 is 0 Å². The van der Waals surface area contributed by atoms with E-state index >= 15 is 0 Å². The van der Waals surface area contributed by atoms with Crippen molar-refractivity contribution < 1.29 is 9.53 Å².